The molecule has 90 valence electrons. The molecule has 0 saturated heterocycles. The number of unbranched alkanes of at least 4 members (excludes halogenated alkanes) is 2. The van der Waals surface area contributed by atoms with Crippen LogP contribution in [0, 0.1) is 11.8 Å². The molecule has 0 radical (unpaired) electrons. The Bertz CT molecular complexity index is 166. The van der Waals surface area contributed by atoms with Crippen LogP contribution < -0.4 is 0 Å². The van der Waals surface area contributed by atoms with Crippen molar-refractivity contribution in [2.45, 2.75) is 77.7 Å². The second kappa shape index (κ2) is 5.89. The van der Waals surface area contributed by atoms with Gasteiger partial charge in [0.1, 0.15) is 0 Å². The number of rotatable bonds is 5. The van der Waals surface area contributed by atoms with Gasteiger partial charge < -0.3 is 5.11 Å². The molecule has 0 spiro atoms. The average Bonchev–Trinajstić information content (AvgIpc) is 2.18. The SMILES string of the molecule is CCCCCC(C)(O)C1CCC(C)CC1. The van der Waals surface area contributed by atoms with Crippen LogP contribution in [0.4, 0.5) is 0 Å². The lowest BCUT2D eigenvalue weighted by Crippen LogP contribution is -2.36. The Morgan fingerprint density at radius 3 is 2.27 bits per heavy atom. The highest BCUT2D eigenvalue weighted by Crippen LogP contribution is 2.37. The molecule has 1 atom stereocenters. The van der Waals surface area contributed by atoms with Crippen molar-refractivity contribution in [1.82, 2.24) is 0 Å². The van der Waals surface area contributed by atoms with E-state index in [1.54, 1.807) is 0 Å². The fourth-order valence-corrected chi connectivity index (χ4v) is 2.82. The van der Waals surface area contributed by atoms with E-state index < -0.39 is 5.60 Å². The summed E-state index contributed by atoms with van der Waals surface area (Å²) in [6, 6.07) is 0. The maximum absolute atomic E-state index is 10.5. The molecule has 1 heteroatoms. The smallest absolute Gasteiger partial charge is 0.0647 e. The molecule has 0 aromatic rings. The van der Waals surface area contributed by atoms with Gasteiger partial charge in [0.2, 0.25) is 0 Å². The van der Waals surface area contributed by atoms with Gasteiger partial charge in [-0.3, -0.25) is 0 Å². The van der Waals surface area contributed by atoms with E-state index in [1.165, 1.54) is 44.9 Å². The lowest BCUT2D eigenvalue weighted by atomic mass is 9.73. The topological polar surface area (TPSA) is 20.2 Å². The van der Waals surface area contributed by atoms with Crippen LogP contribution in [0.1, 0.15) is 72.1 Å². The van der Waals surface area contributed by atoms with Crippen LogP contribution in [0.25, 0.3) is 0 Å². The highest BCUT2D eigenvalue weighted by Gasteiger charge is 2.33. The van der Waals surface area contributed by atoms with E-state index in [2.05, 4.69) is 20.8 Å². The van der Waals surface area contributed by atoms with Gasteiger partial charge in [-0.25, -0.2) is 0 Å². The molecular weight excluding hydrogens is 184 g/mol. The maximum Gasteiger partial charge on any atom is 0.0647 e. The molecule has 1 aliphatic rings. The van der Waals surface area contributed by atoms with Gasteiger partial charge in [0.15, 0.2) is 0 Å². The Labute approximate surface area is 95.3 Å². The Morgan fingerprint density at radius 2 is 1.73 bits per heavy atom. The molecule has 1 unspecified atom stereocenters. The molecule has 0 heterocycles. The zero-order chi connectivity index (χ0) is 11.3. The zero-order valence-electron chi connectivity index (χ0n) is 10.8. The Kier molecular flexibility index (Phi) is 5.11. The van der Waals surface area contributed by atoms with Crippen LogP contribution in [-0.2, 0) is 0 Å². The highest BCUT2D eigenvalue weighted by atomic mass is 16.3. The second-order valence-corrected chi connectivity index (χ2v) is 5.77. The summed E-state index contributed by atoms with van der Waals surface area (Å²) in [4.78, 5) is 0. The van der Waals surface area contributed by atoms with E-state index in [9.17, 15) is 5.11 Å². The highest BCUT2D eigenvalue weighted by molar-refractivity contribution is 4.85. The molecule has 0 amide bonds. The van der Waals surface area contributed by atoms with Crippen molar-refractivity contribution in [2.24, 2.45) is 11.8 Å². The van der Waals surface area contributed by atoms with Crippen molar-refractivity contribution in [3.63, 3.8) is 0 Å². The largest absolute Gasteiger partial charge is 0.390 e. The van der Waals surface area contributed by atoms with E-state index in [0.29, 0.717) is 5.92 Å². The molecule has 1 saturated carbocycles. The molecule has 0 bridgehead atoms. The van der Waals surface area contributed by atoms with Crippen molar-refractivity contribution >= 4 is 0 Å². The van der Waals surface area contributed by atoms with E-state index in [0.717, 1.165) is 12.3 Å². The first-order valence-corrected chi connectivity index (χ1v) is 6.78. The van der Waals surface area contributed by atoms with E-state index >= 15 is 0 Å². The van der Waals surface area contributed by atoms with Crippen LogP contribution in [0.15, 0.2) is 0 Å². The monoisotopic (exact) mass is 212 g/mol. The third kappa shape index (κ3) is 4.14. The first-order chi connectivity index (χ1) is 7.06. The summed E-state index contributed by atoms with van der Waals surface area (Å²) < 4.78 is 0. The third-order valence-electron chi connectivity index (χ3n) is 4.18. The van der Waals surface area contributed by atoms with Crippen LogP contribution in [0.2, 0.25) is 0 Å². The molecule has 1 N–H and O–H groups in total. The zero-order valence-corrected chi connectivity index (χ0v) is 10.8. The summed E-state index contributed by atoms with van der Waals surface area (Å²) in [5.41, 5.74) is -0.394. The van der Waals surface area contributed by atoms with Crippen LogP contribution in [0.3, 0.4) is 0 Å². The Morgan fingerprint density at radius 1 is 1.13 bits per heavy atom. The quantitative estimate of drug-likeness (QED) is 0.679. The van der Waals surface area contributed by atoms with Gasteiger partial charge in [0.25, 0.3) is 0 Å². The van der Waals surface area contributed by atoms with E-state index in [-0.39, 0.29) is 0 Å². The number of hydrogen-bond donors (Lipinski definition) is 1. The molecule has 0 aliphatic heterocycles. The summed E-state index contributed by atoms with van der Waals surface area (Å²) >= 11 is 0. The van der Waals surface area contributed by atoms with E-state index in [1.807, 2.05) is 0 Å². The second-order valence-electron chi connectivity index (χ2n) is 5.77. The van der Waals surface area contributed by atoms with Gasteiger partial charge in [-0.05, 0) is 38.0 Å². The first kappa shape index (κ1) is 13.0. The molecular formula is C14H28O. The molecule has 0 aromatic carbocycles. The van der Waals surface area contributed by atoms with Crippen molar-refractivity contribution in [1.29, 1.82) is 0 Å². The van der Waals surface area contributed by atoms with Crippen molar-refractivity contribution in [2.75, 3.05) is 0 Å². The molecule has 15 heavy (non-hydrogen) atoms. The lowest BCUT2D eigenvalue weighted by molar-refractivity contribution is -0.0299. The molecule has 1 aliphatic carbocycles. The number of hydrogen-bond acceptors (Lipinski definition) is 1. The van der Waals surface area contributed by atoms with Crippen molar-refractivity contribution in [3.05, 3.63) is 0 Å². The predicted molar refractivity (Wildman–Crippen MR) is 65.9 cm³/mol. The molecule has 1 nitrogen and oxygen atoms in total. The maximum atomic E-state index is 10.5. The summed E-state index contributed by atoms with van der Waals surface area (Å²) in [5, 5.41) is 10.5. The lowest BCUT2D eigenvalue weighted by Gasteiger charge is -2.37. The fraction of sp³-hybridized carbons (Fsp3) is 1.00. The molecule has 0 aromatic heterocycles. The average molecular weight is 212 g/mol. The predicted octanol–water partition coefficient (Wildman–Crippen LogP) is 4.14. The van der Waals surface area contributed by atoms with Crippen LogP contribution in [-0.4, -0.2) is 10.7 Å². The summed E-state index contributed by atoms with van der Waals surface area (Å²) in [7, 11) is 0. The van der Waals surface area contributed by atoms with Gasteiger partial charge in [-0.1, -0.05) is 46.0 Å². The fourth-order valence-electron chi connectivity index (χ4n) is 2.82. The minimum absolute atomic E-state index is 0.394. The van der Waals surface area contributed by atoms with Gasteiger partial charge in [-0.2, -0.15) is 0 Å². The van der Waals surface area contributed by atoms with Crippen molar-refractivity contribution < 1.29 is 5.11 Å². The first-order valence-electron chi connectivity index (χ1n) is 6.78. The summed E-state index contributed by atoms with van der Waals surface area (Å²) in [6.45, 7) is 6.61. The molecule has 1 fully saturated rings. The summed E-state index contributed by atoms with van der Waals surface area (Å²) in [5.74, 6) is 1.44. The minimum Gasteiger partial charge on any atom is -0.390 e. The van der Waals surface area contributed by atoms with Gasteiger partial charge in [-0.15, -0.1) is 0 Å². The summed E-state index contributed by atoms with van der Waals surface area (Å²) in [6.07, 6.45) is 9.80. The Hall–Kier alpha value is -0.0400. The number of aliphatic hydroxyl groups is 1. The van der Waals surface area contributed by atoms with Gasteiger partial charge in [0.05, 0.1) is 5.60 Å². The Balaban J connectivity index is 2.32. The van der Waals surface area contributed by atoms with E-state index in [4.69, 9.17) is 0 Å². The van der Waals surface area contributed by atoms with Gasteiger partial charge >= 0.3 is 0 Å². The van der Waals surface area contributed by atoms with Gasteiger partial charge in [0, 0.05) is 0 Å². The normalized spacial score (nSPS) is 31.2. The van der Waals surface area contributed by atoms with Crippen LogP contribution in [0.5, 0.6) is 0 Å². The van der Waals surface area contributed by atoms with Crippen LogP contribution >= 0.6 is 0 Å². The minimum atomic E-state index is -0.394. The van der Waals surface area contributed by atoms with Crippen molar-refractivity contribution in [3.8, 4) is 0 Å². The molecule has 1 rings (SSSR count). The third-order valence-corrected chi connectivity index (χ3v) is 4.18. The standard InChI is InChI=1S/C14H28O/c1-4-5-6-11-14(3,15)13-9-7-12(2)8-10-13/h12-13,15H,4-11H2,1-3H3.